The third-order valence-electron chi connectivity index (χ3n) is 5.40. The molecule has 34 heavy (non-hydrogen) atoms. The number of thiazole rings is 1. The van der Waals surface area contributed by atoms with Gasteiger partial charge in [-0.05, 0) is 35.2 Å². The molecule has 0 saturated carbocycles. The van der Waals surface area contributed by atoms with Gasteiger partial charge < -0.3 is 5.32 Å². The molecule has 0 aliphatic heterocycles. The number of rotatable bonds is 8. The number of carbonyl (C=O) groups excluding carboxylic acids is 1. The Balaban J connectivity index is 1.50. The van der Waals surface area contributed by atoms with Crippen LogP contribution in [0.1, 0.15) is 23.8 Å². The van der Waals surface area contributed by atoms with Gasteiger partial charge in [0.15, 0.2) is 15.0 Å². The fourth-order valence-electron chi connectivity index (χ4n) is 3.68. The molecule has 1 heterocycles. The Hall–Kier alpha value is -3.29. The molecule has 5 nitrogen and oxygen atoms in total. The number of aryl methyl sites for hydroxylation is 1. The zero-order valence-corrected chi connectivity index (χ0v) is 20.7. The first-order valence-corrected chi connectivity index (χ1v) is 13.8. The lowest BCUT2D eigenvalue weighted by Crippen LogP contribution is -2.14. The first-order chi connectivity index (χ1) is 16.3. The number of aromatic nitrogens is 1. The van der Waals surface area contributed by atoms with Crippen molar-refractivity contribution in [3.63, 3.8) is 0 Å². The number of hydrogen-bond donors (Lipinski definition) is 1. The molecule has 174 valence electrons. The lowest BCUT2D eigenvalue weighted by atomic mass is 10.0. The molecule has 1 aromatic heterocycles. The van der Waals surface area contributed by atoms with E-state index in [4.69, 9.17) is 4.98 Å². The fourth-order valence-corrected chi connectivity index (χ4v) is 5.41. The van der Waals surface area contributed by atoms with Crippen LogP contribution in [0.15, 0.2) is 83.8 Å². The zero-order chi connectivity index (χ0) is 24.1. The molecule has 0 atom stereocenters. The van der Waals surface area contributed by atoms with Gasteiger partial charge in [-0.15, -0.1) is 11.3 Å². The molecule has 3 aromatic carbocycles. The highest BCUT2D eigenvalue weighted by atomic mass is 32.2. The summed E-state index contributed by atoms with van der Waals surface area (Å²) in [7, 11) is -3.26. The maximum atomic E-state index is 12.6. The van der Waals surface area contributed by atoms with Crippen molar-refractivity contribution < 1.29 is 13.2 Å². The highest BCUT2D eigenvalue weighted by Crippen LogP contribution is 2.33. The highest BCUT2D eigenvalue weighted by molar-refractivity contribution is 7.90. The van der Waals surface area contributed by atoms with Gasteiger partial charge in [-0.25, -0.2) is 13.4 Å². The first kappa shape index (κ1) is 23.9. The molecule has 0 aliphatic rings. The van der Waals surface area contributed by atoms with Crippen molar-refractivity contribution in [1.82, 2.24) is 4.98 Å². The average Bonchev–Trinajstić information content (AvgIpc) is 3.21. The van der Waals surface area contributed by atoms with Crippen molar-refractivity contribution in [3.05, 3.63) is 89.3 Å². The van der Waals surface area contributed by atoms with Gasteiger partial charge in [0.25, 0.3) is 0 Å². The lowest BCUT2D eigenvalue weighted by molar-refractivity contribution is -0.115. The van der Waals surface area contributed by atoms with E-state index in [9.17, 15) is 13.2 Å². The molecule has 4 rings (SSSR count). The molecule has 0 saturated heterocycles. The predicted molar refractivity (Wildman–Crippen MR) is 139 cm³/mol. The second-order valence-electron chi connectivity index (χ2n) is 8.13. The molecule has 1 amide bonds. The summed E-state index contributed by atoms with van der Waals surface area (Å²) in [6.07, 6.45) is 3.18. The van der Waals surface area contributed by atoms with E-state index in [2.05, 4.69) is 48.6 Å². The van der Waals surface area contributed by atoms with Crippen molar-refractivity contribution in [3.8, 4) is 22.4 Å². The first-order valence-electron chi connectivity index (χ1n) is 11.1. The molecule has 0 unspecified atom stereocenters. The monoisotopic (exact) mass is 490 g/mol. The van der Waals surface area contributed by atoms with Gasteiger partial charge >= 0.3 is 0 Å². The summed E-state index contributed by atoms with van der Waals surface area (Å²) < 4.78 is 23.2. The van der Waals surface area contributed by atoms with Crippen molar-refractivity contribution in [1.29, 1.82) is 0 Å². The van der Waals surface area contributed by atoms with E-state index in [-0.39, 0.29) is 17.2 Å². The SMILES string of the molecule is CCCc1sc(NC(=O)Cc2ccc(S(C)(=O)=O)cc2)nc1-c1ccc(-c2ccccc2)cc1. The summed E-state index contributed by atoms with van der Waals surface area (Å²) in [5.41, 5.74) is 4.98. The number of sulfone groups is 1. The van der Waals surface area contributed by atoms with Crippen molar-refractivity contribution in [2.45, 2.75) is 31.1 Å². The number of amides is 1. The Kier molecular flexibility index (Phi) is 7.24. The topological polar surface area (TPSA) is 76.1 Å². The van der Waals surface area contributed by atoms with Crippen LogP contribution in [0.4, 0.5) is 5.13 Å². The van der Waals surface area contributed by atoms with Crippen molar-refractivity contribution in [2.24, 2.45) is 0 Å². The smallest absolute Gasteiger partial charge is 0.230 e. The summed E-state index contributed by atoms with van der Waals surface area (Å²) in [4.78, 5) is 18.7. The summed E-state index contributed by atoms with van der Waals surface area (Å²) in [5, 5.41) is 3.48. The molecular weight excluding hydrogens is 464 g/mol. The molecule has 0 spiro atoms. The van der Waals surface area contributed by atoms with E-state index in [1.54, 1.807) is 12.1 Å². The molecule has 7 heteroatoms. The standard InChI is InChI=1S/C27H26N2O3S2/c1-3-7-24-26(22-14-12-21(13-15-22)20-8-5-4-6-9-20)29-27(33-24)28-25(30)18-19-10-16-23(17-11-19)34(2,31)32/h4-6,8-17H,3,7,18H2,1-2H3,(H,28,29,30). The second kappa shape index (κ2) is 10.3. The van der Waals surface area contributed by atoms with Crippen LogP contribution >= 0.6 is 11.3 Å². The van der Waals surface area contributed by atoms with Gasteiger partial charge in [-0.2, -0.15) is 0 Å². The third kappa shape index (κ3) is 5.79. The number of anilines is 1. The molecule has 0 aliphatic carbocycles. The largest absolute Gasteiger partial charge is 0.302 e. The van der Waals surface area contributed by atoms with Gasteiger partial charge in [0, 0.05) is 16.7 Å². The van der Waals surface area contributed by atoms with Gasteiger partial charge in [0.05, 0.1) is 17.0 Å². The maximum absolute atomic E-state index is 12.6. The second-order valence-corrected chi connectivity index (χ2v) is 11.2. The summed E-state index contributed by atoms with van der Waals surface area (Å²) >= 11 is 1.50. The Labute approximate surface area is 204 Å². The van der Waals surface area contributed by atoms with Crippen LogP contribution < -0.4 is 5.32 Å². The summed E-state index contributed by atoms with van der Waals surface area (Å²) in [6, 6.07) is 25.0. The van der Waals surface area contributed by atoms with Crippen LogP contribution in [0.25, 0.3) is 22.4 Å². The molecule has 4 aromatic rings. The Morgan fingerprint density at radius 2 is 1.50 bits per heavy atom. The average molecular weight is 491 g/mol. The van der Waals surface area contributed by atoms with Crippen LogP contribution in [-0.2, 0) is 27.5 Å². The lowest BCUT2D eigenvalue weighted by Gasteiger charge is -2.05. The highest BCUT2D eigenvalue weighted by Gasteiger charge is 2.15. The quantitative estimate of drug-likeness (QED) is 0.328. The summed E-state index contributed by atoms with van der Waals surface area (Å²) in [5.74, 6) is -0.185. The zero-order valence-electron chi connectivity index (χ0n) is 19.1. The van der Waals surface area contributed by atoms with Crippen LogP contribution in [0, 0.1) is 0 Å². The van der Waals surface area contributed by atoms with Crippen molar-refractivity contribution >= 4 is 32.2 Å². The number of nitrogens with one attached hydrogen (secondary N) is 1. The number of hydrogen-bond acceptors (Lipinski definition) is 5. The Morgan fingerprint density at radius 3 is 2.12 bits per heavy atom. The molecule has 1 N–H and O–H groups in total. The molecule has 0 fully saturated rings. The van der Waals surface area contributed by atoms with E-state index in [0.29, 0.717) is 5.13 Å². The van der Waals surface area contributed by atoms with Crippen LogP contribution in [0.3, 0.4) is 0 Å². The van der Waals surface area contributed by atoms with Gasteiger partial charge in [-0.1, -0.05) is 80.1 Å². The normalized spacial score (nSPS) is 11.4. The van der Waals surface area contributed by atoms with E-state index in [0.717, 1.165) is 46.4 Å². The van der Waals surface area contributed by atoms with E-state index in [1.807, 2.05) is 18.2 Å². The van der Waals surface area contributed by atoms with Crippen LogP contribution in [0.5, 0.6) is 0 Å². The minimum Gasteiger partial charge on any atom is -0.302 e. The van der Waals surface area contributed by atoms with Crippen LogP contribution in [0.2, 0.25) is 0 Å². The number of nitrogens with zero attached hydrogens (tertiary/aromatic N) is 1. The minimum absolute atomic E-state index is 0.147. The predicted octanol–water partition coefficient (Wildman–Crippen LogP) is 6.01. The summed E-state index contributed by atoms with van der Waals surface area (Å²) in [6.45, 7) is 2.13. The van der Waals surface area contributed by atoms with Crippen LogP contribution in [-0.4, -0.2) is 25.6 Å². The van der Waals surface area contributed by atoms with Crippen molar-refractivity contribution in [2.75, 3.05) is 11.6 Å². The van der Waals surface area contributed by atoms with Gasteiger partial charge in [0.1, 0.15) is 0 Å². The van der Waals surface area contributed by atoms with E-state index in [1.165, 1.54) is 29.0 Å². The number of benzene rings is 3. The molecular formula is C27H26N2O3S2. The Morgan fingerprint density at radius 1 is 0.882 bits per heavy atom. The maximum Gasteiger partial charge on any atom is 0.230 e. The van der Waals surface area contributed by atoms with E-state index >= 15 is 0 Å². The molecule has 0 bridgehead atoms. The third-order valence-corrected chi connectivity index (χ3v) is 7.56. The van der Waals surface area contributed by atoms with Gasteiger partial charge in [-0.3, -0.25) is 4.79 Å². The van der Waals surface area contributed by atoms with E-state index < -0.39 is 9.84 Å². The minimum atomic E-state index is -3.26. The molecule has 0 radical (unpaired) electrons. The number of carbonyl (C=O) groups is 1. The Bertz CT molecular complexity index is 1380. The fraction of sp³-hybridized carbons (Fsp3) is 0.185. The van der Waals surface area contributed by atoms with Gasteiger partial charge in [0.2, 0.25) is 5.91 Å².